The third-order valence-corrected chi connectivity index (χ3v) is 3.60. The van der Waals surface area contributed by atoms with Crippen molar-refractivity contribution in [3.8, 4) is 0 Å². The van der Waals surface area contributed by atoms with Crippen LogP contribution in [0.3, 0.4) is 0 Å². The fraction of sp³-hybridized carbons (Fsp3) is 0.421. The maximum atomic E-state index is 4.79. The molecule has 0 aliphatic heterocycles. The van der Waals surface area contributed by atoms with Gasteiger partial charge in [0.05, 0.1) is 5.52 Å². The van der Waals surface area contributed by atoms with Gasteiger partial charge in [0, 0.05) is 25.2 Å². The van der Waals surface area contributed by atoms with Crippen molar-refractivity contribution >= 4 is 16.6 Å². The minimum absolute atomic E-state index is 0. The molecule has 0 amide bonds. The van der Waals surface area contributed by atoms with E-state index in [0.717, 1.165) is 18.4 Å². The third kappa shape index (κ3) is 4.07. The molecule has 116 valence electrons. The molecule has 1 aromatic heterocycles. The Kier molecular flexibility index (Phi) is 6.93. The highest BCUT2D eigenvalue weighted by Crippen LogP contribution is 2.29. The van der Waals surface area contributed by atoms with Crippen molar-refractivity contribution in [3.63, 3.8) is 0 Å². The van der Waals surface area contributed by atoms with Crippen molar-refractivity contribution in [3.05, 3.63) is 47.2 Å². The fourth-order valence-corrected chi connectivity index (χ4v) is 2.42. The van der Waals surface area contributed by atoms with Gasteiger partial charge in [-0.25, -0.2) is 0 Å². The SMILES string of the molecule is CC=CC.CCc1nc2cc(C)ccc2c(NC)c1CC.[HH]. The normalized spacial score (nSPS) is 10.6. The van der Waals surface area contributed by atoms with E-state index in [2.05, 4.69) is 44.3 Å². The highest BCUT2D eigenvalue weighted by atomic mass is 14.8. The van der Waals surface area contributed by atoms with Crippen LogP contribution in [-0.2, 0) is 12.8 Å². The minimum atomic E-state index is 0. The molecule has 0 fully saturated rings. The largest absolute Gasteiger partial charge is 0.387 e. The van der Waals surface area contributed by atoms with Crippen LogP contribution in [0.4, 0.5) is 5.69 Å². The summed E-state index contributed by atoms with van der Waals surface area (Å²) < 4.78 is 0. The minimum Gasteiger partial charge on any atom is -0.387 e. The Morgan fingerprint density at radius 2 is 1.81 bits per heavy atom. The molecule has 0 saturated heterocycles. The van der Waals surface area contributed by atoms with Gasteiger partial charge in [0.25, 0.3) is 0 Å². The zero-order chi connectivity index (χ0) is 15.8. The number of aryl methyl sites for hydroxylation is 2. The van der Waals surface area contributed by atoms with E-state index < -0.39 is 0 Å². The highest BCUT2D eigenvalue weighted by Gasteiger charge is 2.11. The van der Waals surface area contributed by atoms with Crippen LogP contribution in [0.1, 0.15) is 45.9 Å². The fourth-order valence-electron chi connectivity index (χ4n) is 2.42. The van der Waals surface area contributed by atoms with E-state index in [-0.39, 0.29) is 1.43 Å². The van der Waals surface area contributed by atoms with Crippen LogP contribution in [0.5, 0.6) is 0 Å². The van der Waals surface area contributed by atoms with Crippen molar-refractivity contribution in [1.82, 2.24) is 4.98 Å². The summed E-state index contributed by atoms with van der Waals surface area (Å²) in [7, 11) is 1.99. The summed E-state index contributed by atoms with van der Waals surface area (Å²) in [6.45, 7) is 10.5. The molecule has 0 unspecified atom stereocenters. The molecule has 1 aromatic carbocycles. The molecule has 0 radical (unpaired) electrons. The zero-order valence-electron chi connectivity index (χ0n) is 14.2. The zero-order valence-corrected chi connectivity index (χ0v) is 14.2. The molecule has 0 bridgehead atoms. The number of fused-ring (bicyclic) bond motifs is 1. The van der Waals surface area contributed by atoms with Crippen LogP contribution in [0.15, 0.2) is 30.4 Å². The van der Waals surface area contributed by atoms with Gasteiger partial charge in [0.1, 0.15) is 0 Å². The van der Waals surface area contributed by atoms with Gasteiger partial charge in [-0.3, -0.25) is 4.98 Å². The van der Waals surface area contributed by atoms with Gasteiger partial charge in [-0.1, -0.05) is 38.1 Å². The second-order valence-electron chi connectivity index (χ2n) is 5.06. The van der Waals surface area contributed by atoms with Crippen molar-refractivity contribution < 1.29 is 1.43 Å². The number of aromatic nitrogens is 1. The molecule has 0 saturated carbocycles. The summed E-state index contributed by atoms with van der Waals surface area (Å²) in [6.07, 6.45) is 6.01. The Morgan fingerprint density at radius 1 is 1.14 bits per heavy atom. The molecule has 1 N–H and O–H groups in total. The molecular formula is C19H30N2. The van der Waals surface area contributed by atoms with Gasteiger partial charge < -0.3 is 5.32 Å². The third-order valence-electron chi connectivity index (χ3n) is 3.60. The molecular weight excluding hydrogens is 256 g/mol. The first kappa shape index (κ1) is 17.2. The molecule has 0 aliphatic carbocycles. The Bertz CT molecular complexity index is 614. The lowest BCUT2D eigenvalue weighted by atomic mass is 10.0. The first-order valence-electron chi connectivity index (χ1n) is 7.79. The predicted octanol–water partition coefficient (Wildman–Crippen LogP) is 5.54. The number of allylic oxidation sites excluding steroid dienone is 2. The summed E-state index contributed by atoms with van der Waals surface area (Å²) in [5.74, 6) is 0. The van der Waals surface area contributed by atoms with Gasteiger partial charge in [0.15, 0.2) is 0 Å². The molecule has 1 heterocycles. The number of rotatable bonds is 3. The number of nitrogens with zero attached hydrogens (tertiary/aromatic N) is 1. The first-order valence-corrected chi connectivity index (χ1v) is 7.79. The summed E-state index contributed by atoms with van der Waals surface area (Å²) in [6, 6.07) is 6.48. The lowest BCUT2D eigenvalue weighted by molar-refractivity contribution is 0.982. The Hall–Kier alpha value is -1.83. The standard InChI is InChI=1S/C15H20N2.C4H8.H2/c1-5-11-13(6-2)17-14-9-10(3)7-8-12(14)15(11)16-4;1-3-4-2;/h7-9H,5-6H2,1-4H3,(H,16,17);3-4H,1-2H3;1H. The molecule has 21 heavy (non-hydrogen) atoms. The molecule has 2 nitrogen and oxygen atoms in total. The lowest BCUT2D eigenvalue weighted by Crippen LogP contribution is -2.03. The first-order chi connectivity index (χ1) is 10.1. The monoisotopic (exact) mass is 286 g/mol. The van der Waals surface area contributed by atoms with E-state index in [9.17, 15) is 0 Å². The maximum Gasteiger partial charge on any atom is 0.0728 e. The van der Waals surface area contributed by atoms with Gasteiger partial charge in [0.2, 0.25) is 0 Å². The Balaban J connectivity index is 0.000000791. The van der Waals surface area contributed by atoms with Crippen molar-refractivity contribution in [2.24, 2.45) is 0 Å². The van der Waals surface area contributed by atoms with Gasteiger partial charge in [-0.2, -0.15) is 0 Å². The number of pyridine rings is 1. The topological polar surface area (TPSA) is 24.9 Å². The Morgan fingerprint density at radius 3 is 2.29 bits per heavy atom. The van der Waals surface area contributed by atoms with Crippen LogP contribution in [0.25, 0.3) is 10.9 Å². The van der Waals surface area contributed by atoms with E-state index in [1.54, 1.807) is 0 Å². The summed E-state index contributed by atoms with van der Waals surface area (Å²) in [5.41, 5.74) is 6.18. The van der Waals surface area contributed by atoms with E-state index in [1.165, 1.54) is 27.9 Å². The van der Waals surface area contributed by atoms with Crippen molar-refractivity contribution in [1.29, 1.82) is 0 Å². The number of hydrogen-bond acceptors (Lipinski definition) is 2. The number of nitrogens with one attached hydrogen (secondary N) is 1. The van der Waals surface area contributed by atoms with E-state index >= 15 is 0 Å². The Labute approximate surface area is 130 Å². The van der Waals surface area contributed by atoms with Crippen molar-refractivity contribution in [2.75, 3.05) is 12.4 Å². The summed E-state index contributed by atoms with van der Waals surface area (Å²) >= 11 is 0. The van der Waals surface area contributed by atoms with Crippen LogP contribution < -0.4 is 5.32 Å². The average molecular weight is 286 g/mol. The molecule has 2 rings (SSSR count). The quantitative estimate of drug-likeness (QED) is 0.749. The van der Waals surface area contributed by atoms with Gasteiger partial charge >= 0.3 is 0 Å². The van der Waals surface area contributed by atoms with E-state index in [4.69, 9.17) is 4.98 Å². The van der Waals surface area contributed by atoms with Crippen LogP contribution in [-0.4, -0.2) is 12.0 Å². The average Bonchev–Trinajstić information content (AvgIpc) is 2.52. The molecule has 2 aromatic rings. The molecule has 0 atom stereocenters. The smallest absolute Gasteiger partial charge is 0.0728 e. The van der Waals surface area contributed by atoms with E-state index in [1.807, 2.05) is 33.0 Å². The molecule has 2 heteroatoms. The second-order valence-corrected chi connectivity index (χ2v) is 5.06. The van der Waals surface area contributed by atoms with Crippen LogP contribution in [0, 0.1) is 6.92 Å². The summed E-state index contributed by atoms with van der Waals surface area (Å²) in [4.78, 5) is 4.79. The molecule has 0 spiro atoms. The number of anilines is 1. The number of benzene rings is 1. The van der Waals surface area contributed by atoms with Crippen LogP contribution >= 0.6 is 0 Å². The second kappa shape index (κ2) is 8.46. The molecule has 0 aliphatic rings. The van der Waals surface area contributed by atoms with Gasteiger partial charge in [-0.15, -0.1) is 0 Å². The van der Waals surface area contributed by atoms with Gasteiger partial charge in [-0.05, 0) is 50.8 Å². The van der Waals surface area contributed by atoms with Crippen LogP contribution in [0.2, 0.25) is 0 Å². The number of hydrogen-bond donors (Lipinski definition) is 1. The maximum absolute atomic E-state index is 4.79. The predicted molar refractivity (Wildman–Crippen MR) is 97.4 cm³/mol. The van der Waals surface area contributed by atoms with Crippen molar-refractivity contribution in [2.45, 2.75) is 47.5 Å². The highest BCUT2D eigenvalue weighted by molar-refractivity contribution is 5.93. The lowest BCUT2D eigenvalue weighted by Gasteiger charge is -2.15. The summed E-state index contributed by atoms with van der Waals surface area (Å²) in [5, 5.41) is 4.57. The van der Waals surface area contributed by atoms with E-state index in [0.29, 0.717) is 0 Å².